The zero-order valence-corrected chi connectivity index (χ0v) is 19.6. The molecule has 0 N–H and O–H groups in total. The van der Waals surface area contributed by atoms with Gasteiger partial charge in [-0.1, -0.05) is 30.3 Å². The van der Waals surface area contributed by atoms with Crippen molar-refractivity contribution in [1.29, 1.82) is 0 Å². The molecule has 0 spiro atoms. The molecule has 1 aromatic heterocycles. The minimum atomic E-state index is -0.442. The second-order valence-electron chi connectivity index (χ2n) is 7.38. The first kappa shape index (κ1) is 23.0. The summed E-state index contributed by atoms with van der Waals surface area (Å²) in [5, 5.41) is 0.905. The Bertz CT molecular complexity index is 1250. The Kier molecular flexibility index (Phi) is 7.42. The van der Waals surface area contributed by atoms with E-state index in [9.17, 15) is 9.18 Å². The number of halogens is 2. The lowest BCUT2D eigenvalue weighted by molar-refractivity contribution is -0.271. The first-order chi connectivity index (χ1) is 16.1. The predicted octanol–water partition coefficient (Wildman–Crippen LogP) is 6.66. The third-order valence-electron chi connectivity index (χ3n) is 5.25. The molecule has 1 heterocycles. The number of furan rings is 1. The molecule has 33 heavy (non-hydrogen) atoms. The number of carbonyl (C=O) groups excluding carboxylic acids is 1. The normalized spacial score (nSPS) is 11.0. The molecular weight excluding hydrogens is 491 g/mol. The Hall–Kier alpha value is -3.16. The maximum Gasteiger partial charge on any atom is 0.342 e. The molecule has 0 amide bonds. The average molecular weight is 513 g/mol. The number of ether oxygens (including phenoxy) is 1. The van der Waals surface area contributed by atoms with Gasteiger partial charge in [0.05, 0.1) is 24.6 Å². The van der Waals surface area contributed by atoms with Crippen molar-refractivity contribution in [2.45, 2.75) is 19.3 Å². The van der Waals surface area contributed by atoms with Gasteiger partial charge in [0.1, 0.15) is 22.9 Å². The Morgan fingerprint density at radius 3 is 2.52 bits per heavy atom. The van der Waals surface area contributed by atoms with Crippen LogP contribution in [0.2, 0.25) is 0 Å². The van der Waals surface area contributed by atoms with Gasteiger partial charge >= 0.3 is 5.97 Å². The van der Waals surface area contributed by atoms with E-state index in [1.165, 1.54) is 12.1 Å². The highest BCUT2D eigenvalue weighted by Crippen LogP contribution is 2.39. The average Bonchev–Trinajstić information content (AvgIpc) is 3.18. The molecule has 4 rings (SSSR count). The molecule has 0 unspecified atom stereocenters. The van der Waals surface area contributed by atoms with Crippen LogP contribution in [0.1, 0.15) is 17.5 Å². The molecule has 4 aromatic rings. The van der Waals surface area contributed by atoms with Crippen LogP contribution >= 0.6 is 15.9 Å². The van der Waals surface area contributed by atoms with Crippen LogP contribution in [0, 0.1) is 5.82 Å². The summed E-state index contributed by atoms with van der Waals surface area (Å²) >= 11 is 3.62. The molecule has 0 saturated heterocycles. The minimum Gasteiger partial charge on any atom is -0.496 e. The summed E-state index contributed by atoms with van der Waals surface area (Å²) in [7, 11) is 1.60. The molecule has 0 saturated carbocycles. The second-order valence-corrected chi connectivity index (χ2v) is 8.17. The van der Waals surface area contributed by atoms with Crippen LogP contribution in [-0.4, -0.2) is 19.7 Å². The zero-order chi connectivity index (χ0) is 23.2. The highest BCUT2D eigenvalue weighted by Gasteiger charge is 2.17. The molecule has 0 radical (unpaired) electrons. The Balaban J connectivity index is 1.35. The summed E-state index contributed by atoms with van der Waals surface area (Å²) in [6.45, 7) is 0.197. The maximum atomic E-state index is 13.3. The molecule has 7 heteroatoms. The first-order valence-electron chi connectivity index (χ1n) is 10.5. The van der Waals surface area contributed by atoms with E-state index in [1.54, 1.807) is 19.2 Å². The Morgan fingerprint density at radius 1 is 0.970 bits per heavy atom. The third-order valence-corrected chi connectivity index (χ3v) is 6.00. The summed E-state index contributed by atoms with van der Waals surface area (Å²) in [4.78, 5) is 22.1. The molecule has 170 valence electrons. The molecule has 0 aliphatic rings. The molecule has 3 aromatic carbocycles. The van der Waals surface area contributed by atoms with E-state index < -0.39 is 5.97 Å². The lowest BCUT2D eigenvalue weighted by Gasteiger charge is -2.08. The van der Waals surface area contributed by atoms with Crippen LogP contribution in [0.4, 0.5) is 4.39 Å². The van der Waals surface area contributed by atoms with Crippen LogP contribution in [0.3, 0.4) is 0 Å². The van der Waals surface area contributed by atoms with Crippen molar-refractivity contribution in [3.63, 3.8) is 0 Å². The van der Waals surface area contributed by atoms with E-state index >= 15 is 0 Å². The van der Waals surface area contributed by atoms with Crippen molar-refractivity contribution >= 4 is 32.9 Å². The predicted molar refractivity (Wildman–Crippen MR) is 126 cm³/mol. The Labute approximate surface area is 199 Å². The van der Waals surface area contributed by atoms with E-state index in [-0.39, 0.29) is 18.8 Å². The molecule has 0 aliphatic carbocycles. The highest BCUT2D eigenvalue weighted by atomic mass is 79.9. The molecule has 0 bridgehead atoms. The van der Waals surface area contributed by atoms with Crippen LogP contribution < -0.4 is 4.74 Å². The second kappa shape index (κ2) is 10.6. The summed E-state index contributed by atoms with van der Waals surface area (Å²) in [6.07, 6.45) is 1.20. The van der Waals surface area contributed by atoms with E-state index in [4.69, 9.17) is 18.9 Å². The lowest BCUT2D eigenvalue weighted by Crippen LogP contribution is -2.09. The van der Waals surface area contributed by atoms with Crippen molar-refractivity contribution in [3.8, 4) is 17.1 Å². The van der Waals surface area contributed by atoms with Gasteiger partial charge in [-0.15, -0.1) is 0 Å². The van der Waals surface area contributed by atoms with Gasteiger partial charge in [0, 0.05) is 17.4 Å². The molecule has 0 aliphatic heterocycles. The summed E-state index contributed by atoms with van der Waals surface area (Å²) in [5.74, 6) is 0.620. The molecular formula is C26H22BrFO5. The van der Waals surface area contributed by atoms with Crippen LogP contribution in [0.5, 0.6) is 5.75 Å². The van der Waals surface area contributed by atoms with Crippen molar-refractivity contribution in [2.24, 2.45) is 0 Å². The lowest BCUT2D eigenvalue weighted by atomic mass is 10.1. The number of aryl methyl sites for hydroxylation is 1. The van der Waals surface area contributed by atoms with Gasteiger partial charge in [-0.2, -0.15) is 4.89 Å². The highest BCUT2D eigenvalue weighted by molar-refractivity contribution is 9.10. The third kappa shape index (κ3) is 5.43. The van der Waals surface area contributed by atoms with Gasteiger partial charge in [0.15, 0.2) is 0 Å². The number of hydrogen-bond acceptors (Lipinski definition) is 5. The zero-order valence-electron chi connectivity index (χ0n) is 18.0. The number of hydrogen-bond donors (Lipinski definition) is 0. The van der Waals surface area contributed by atoms with Crippen molar-refractivity contribution in [2.75, 3.05) is 13.7 Å². The van der Waals surface area contributed by atoms with E-state index in [0.717, 1.165) is 32.3 Å². The van der Waals surface area contributed by atoms with Crippen molar-refractivity contribution in [3.05, 3.63) is 88.1 Å². The SMILES string of the molecule is COc1ccccc1CCC(=O)OOCCc1cccc2oc(-c3ccc(F)cc3)c(Br)c12. The minimum absolute atomic E-state index is 0.185. The summed E-state index contributed by atoms with van der Waals surface area (Å²) < 4.78 is 25.3. The van der Waals surface area contributed by atoms with Crippen LogP contribution in [-0.2, 0) is 27.4 Å². The molecule has 0 atom stereocenters. The fourth-order valence-corrected chi connectivity index (χ4v) is 4.38. The molecule has 5 nitrogen and oxygen atoms in total. The first-order valence-corrected chi connectivity index (χ1v) is 11.3. The molecule has 0 fully saturated rings. The fraction of sp³-hybridized carbons (Fsp3) is 0.192. The number of fused-ring (bicyclic) bond motifs is 1. The van der Waals surface area contributed by atoms with Crippen molar-refractivity contribution in [1.82, 2.24) is 0 Å². The van der Waals surface area contributed by atoms with Crippen LogP contribution in [0.15, 0.2) is 75.6 Å². The maximum absolute atomic E-state index is 13.3. The van der Waals surface area contributed by atoms with Crippen molar-refractivity contribution < 1.29 is 28.1 Å². The van der Waals surface area contributed by atoms with Gasteiger partial charge < -0.3 is 9.15 Å². The quantitative estimate of drug-likeness (QED) is 0.142. The number of methoxy groups -OCH3 is 1. The smallest absolute Gasteiger partial charge is 0.342 e. The fourth-order valence-electron chi connectivity index (χ4n) is 3.62. The van der Waals surface area contributed by atoms with Crippen LogP contribution in [0.25, 0.3) is 22.3 Å². The summed E-state index contributed by atoms with van der Waals surface area (Å²) in [6, 6.07) is 19.4. The topological polar surface area (TPSA) is 57.9 Å². The largest absolute Gasteiger partial charge is 0.496 e. The van der Waals surface area contributed by atoms with Gasteiger partial charge in [-0.3, -0.25) is 4.89 Å². The van der Waals surface area contributed by atoms with Gasteiger partial charge in [0.25, 0.3) is 0 Å². The number of rotatable bonds is 9. The van der Waals surface area contributed by atoms with E-state index in [2.05, 4.69) is 15.9 Å². The standard InChI is InChI=1S/C26H22BrFO5/c1-30-21-7-3-2-5-17(21)11-14-23(29)33-31-16-15-18-6-4-8-22-24(18)25(27)26(32-22)19-9-12-20(28)13-10-19/h2-10,12-13H,11,14-16H2,1H3. The van der Waals surface area contributed by atoms with E-state index in [1.807, 2.05) is 42.5 Å². The Morgan fingerprint density at radius 2 is 1.73 bits per heavy atom. The number of benzene rings is 3. The summed E-state index contributed by atoms with van der Waals surface area (Å²) in [5.41, 5.74) is 3.38. The van der Waals surface area contributed by atoms with E-state index in [0.29, 0.717) is 24.2 Å². The van der Waals surface area contributed by atoms with Gasteiger partial charge in [0.2, 0.25) is 0 Å². The van der Waals surface area contributed by atoms with Gasteiger partial charge in [-0.25, -0.2) is 9.18 Å². The number of carbonyl (C=O) groups is 1. The monoisotopic (exact) mass is 512 g/mol. The van der Waals surface area contributed by atoms with Gasteiger partial charge in [-0.05, 0) is 69.9 Å². The number of para-hydroxylation sites is 1.